The van der Waals surface area contributed by atoms with Crippen LogP contribution in [0.25, 0.3) is 0 Å². The van der Waals surface area contributed by atoms with E-state index in [1.165, 1.54) is 6.42 Å². The lowest BCUT2D eigenvalue weighted by atomic mass is 9.71. The van der Waals surface area contributed by atoms with E-state index in [1.807, 2.05) is 56.3 Å². The molecule has 1 N–H and O–H groups in total. The van der Waals surface area contributed by atoms with Gasteiger partial charge in [-0.3, -0.25) is 4.79 Å². The van der Waals surface area contributed by atoms with E-state index in [0.29, 0.717) is 47.8 Å². The lowest BCUT2D eigenvalue weighted by molar-refractivity contribution is -0.146. The molecule has 3 aliphatic rings. The van der Waals surface area contributed by atoms with E-state index < -0.39 is 5.92 Å². The van der Waals surface area contributed by atoms with Gasteiger partial charge in [-0.25, -0.2) is 4.79 Å². The van der Waals surface area contributed by atoms with Crippen LogP contribution >= 0.6 is 0 Å². The molecule has 2 aliphatic carbocycles. The Labute approximate surface area is 236 Å². The molecule has 1 fully saturated rings. The molecule has 7 nitrogen and oxygen atoms in total. The lowest BCUT2D eigenvalue weighted by Crippen LogP contribution is -2.37. The van der Waals surface area contributed by atoms with Gasteiger partial charge in [-0.15, -0.1) is 0 Å². The van der Waals surface area contributed by atoms with E-state index in [1.54, 1.807) is 14.2 Å². The lowest BCUT2D eigenvalue weighted by Gasteiger charge is -2.37. The van der Waals surface area contributed by atoms with Crippen LogP contribution in [0.4, 0.5) is 0 Å². The number of methoxy groups -OCH3 is 2. The molecule has 2 aromatic carbocycles. The second-order valence-electron chi connectivity index (χ2n) is 10.8. The molecule has 0 bridgehead atoms. The molecule has 7 heteroatoms. The molecular formula is C33H39NO6. The van der Waals surface area contributed by atoms with Gasteiger partial charge in [-0.1, -0.05) is 30.7 Å². The summed E-state index contributed by atoms with van der Waals surface area (Å²) in [5, 5.41) is 3.46. The van der Waals surface area contributed by atoms with E-state index in [0.717, 1.165) is 48.2 Å². The third-order valence-electron chi connectivity index (χ3n) is 8.28. The van der Waals surface area contributed by atoms with Crippen LogP contribution in [0.5, 0.6) is 17.2 Å². The van der Waals surface area contributed by atoms with Crippen LogP contribution in [0.2, 0.25) is 0 Å². The number of nitrogens with one attached hydrogen (secondary N) is 1. The predicted octanol–water partition coefficient (Wildman–Crippen LogP) is 6.34. The van der Waals surface area contributed by atoms with Crippen LogP contribution in [-0.2, 0) is 14.3 Å². The molecule has 0 saturated heterocycles. The van der Waals surface area contributed by atoms with Gasteiger partial charge in [0.1, 0.15) is 11.9 Å². The number of carbonyl (C=O) groups is 2. The number of allylic oxidation sites excluding steroid dienone is 3. The fourth-order valence-electron chi connectivity index (χ4n) is 6.37. The second kappa shape index (κ2) is 12.2. The Morgan fingerprint density at radius 3 is 2.42 bits per heavy atom. The summed E-state index contributed by atoms with van der Waals surface area (Å²) in [6, 6.07) is 13.5. The van der Waals surface area contributed by atoms with Crippen molar-refractivity contribution in [3.8, 4) is 17.2 Å². The van der Waals surface area contributed by atoms with Gasteiger partial charge in [0.15, 0.2) is 17.3 Å². The van der Waals surface area contributed by atoms with Gasteiger partial charge in [0.2, 0.25) is 0 Å². The van der Waals surface area contributed by atoms with Crippen LogP contribution in [0, 0.1) is 0 Å². The molecule has 2 atom stereocenters. The first kappa shape index (κ1) is 27.8. The maximum absolute atomic E-state index is 14.0. The first-order valence-corrected chi connectivity index (χ1v) is 14.3. The minimum atomic E-state index is -0.561. The largest absolute Gasteiger partial charge is 0.494 e. The summed E-state index contributed by atoms with van der Waals surface area (Å²) in [5.41, 5.74) is 4.51. The molecule has 1 heterocycles. The van der Waals surface area contributed by atoms with Gasteiger partial charge in [-0.2, -0.15) is 0 Å². The summed E-state index contributed by atoms with van der Waals surface area (Å²) in [4.78, 5) is 27.8. The molecular weight excluding hydrogens is 506 g/mol. The standard InChI is InChI=1S/C33H39NO6/c1-5-39-27-14-10-9-13-24(27)31-30(33(36)40-23-11-7-6-8-12-23)20(2)34-25-17-22(18-26(35)32(25)31)21-15-16-28(37-3)29(19-21)38-4/h9-10,13-16,19,22-23,31,34H,5-8,11-12,17-18H2,1-4H3/t22-,31-/m0/s1. The predicted molar refractivity (Wildman–Crippen MR) is 153 cm³/mol. The summed E-state index contributed by atoms with van der Waals surface area (Å²) in [6.07, 6.45) is 5.94. The summed E-state index contributed by atoms with van der Waals surface area (Å²) in [5.74, 6) is 1.02. The Kier molecular flexibility index (Phi) is 8.48. The number of Topliss-reactive ketones (excluding diaryl/α,β-unsaturated/α-hetero) is 1. The Morgan fingerprint density at radius 2 is 1.70 bits per heavy atom. The third-order valence-corrected chi connectivity index (χ3v) is 8.28. The molecule has 0 amide bonds. The van der Waals surface area contributed by atoms with E-state index >= 15 is 0 Å². The van der Waals surface area contributed by atoms with Crippen molar-refractivity contribution in [3.63, 3.8) is 0 Å². The molecule has 1 aliphatic heterocycles. The van der Waals surface area contributed by atoms with Gasteiger partial charge < -0.3 is 24.3 Å². The average molecular weight is 546 g/mol. The summed E-state index contributed by atoms with van der Waals surface area (Å²) in [7, 11) is 3.22. The van der Waals surface area contributed by atoms with Crippen molar-refractivity contribution in [2.24, 2.45) is 0 Å². The number of rotatable bonds is 8. The summed E-state index contributed by atoms with van der Waals surface area (Å²) < 4.78 is 23.0. The monoisotopic (exact) mass is 545 g/mol. The zero-order valence-corrected chi connectivity index (χ0v) is 23.9. The summed E-state index contributed by atoms with van der Waals surface area (Å²) in [6.45, 7) is 4.32. The fraction of sp³-hybridized carbons (Fsp3) is 0.455. The van der Waals surface area contributed by atoms with Gasteiger partial charge >= 0.3 is 5.97 Å². The molecule has 0 unspecified atom stereocenters. The molecule has 0 spiro atoms. The van der Waals surface area contributed by atoms with Crippen LogP contribution in [0.15, 0.2) is 65.0 Å². The Bertz CT molecular complexity index is 1340. The third kappa shape index (κ3) is 5.47. The van der Waals surface area contributed by atoms with E-state index in [9.17, 15) is 9.59 Å². The molecule has 2 aromatic rings. The molecule has 5 rings (SSSR count). The molecule has 0 radical (unpaired) electrons. The number of hydrogen-bond donors (Lipinski definition) is 1. The van der Waals surface area contributed by atoms with Gasteiger partial charge in [-0.05, 0) is 75.6 Å². The van der Waals surface area contributed by atoms with Gasteiger partial charge in [0.05, 0.1) is 32.3 Å². The smallest absolute Gasteiger partial charge is 0.337 e. The van der Waals surface area contributed by atoms with Crippen molar-refractivity contribution in [3.05, 3.63) is 76.1 Å². The molecule has 212 valence electrons. The SMILES string of the molecule is CCOc1ccccc1[C@H]1C(C(=O)OC2CCCCC2)=C(C)NC2=C1C(=O)C[C@@H](c1ccc(OC)c(OC)c1)C2. The highest BCUT2D eigenvalue weighted by molar-refractivity contribution is 6.04. The van der Waals surface area contributed by atoms with Crippen LogP contribution < -0.4 is 19.5 Å². The number of ether oxygens (including phenoxy) is 4. The van der Waals surface area contributed by atoms with Crippen molar-refractivity contribution in [2.45, 2.75) is 76.7 Å². The number of esters is 1. The number of hydrogen-bond acceptors (Lipinski definition) is 7. The van der Waals surface area contributed by atoms with E-state index in [2.05, 4.69) is 5.32 Å². The second-order valence-corrected chi connectivity index (χ2v) is 10.8. The van der Waals surface area contributed by atoms with E-state index in [-0.39, 0.29) is 23.8 Å². The number of carbonyl (C=O) groups excluding carboxylic acids is 2. The highest BCUT2D eigenvalue weighted by atomic mass is 16.5. The zero-order chi connectivity index (χ0) is 28.2. The van der Waals surface area contributed by atoms with Gasteiger partial charge in [0.25, 0.3) is 0 Å². The maximum atomic E-state index is 14.0. The number of benzene rings is 2. The average Bonchev–Trinajstić information content (AvgIpc) is 2.97. The van der Waals surface area contributed by atoms with Crippen molar-refractivity contribution >= 4 is 11.8 Å². The van der Waals surface area contributed by atoms with Crippen molar-refractivity contribution < 1.29 is 28.5 Å². The normalized spacial score (nSPS) is 21.4. The van der Waals surface area contributed by atoms with E-state index in [4.69, 9.17) is 18.9 Å². The quantitative estimate of drug-likeness (QED) is 0.388. The molecule has 0 aromatic heterocycles. The van der Waals surface area contributed by atoms with Crippen molar-refractivity contribution in [1.82, 2.24) is 5.32 Å². The Balaban J connectivity index is 1.55. The highest BCUT2D eigenvalue weighted by Crippen LogP contribution is 2.48. The van der Waals surface area contributed by atoms with Crippen LogP contribution in [-0.4, -0.2) is 38.7 Å². The van der Waals surface area contributed by atoms with Crippen molar-refractivity contribution in [1.29, 1.82) is 0 Å². The molecule has 1 saturated carbocycles. The Morgan fingerprint density at radius 1 is 0.950 bits per heavy atom. The zero-order valence-electron chi connectivity index (χ0n) is 23.9. The molecule has 40 heavy (non-hydrogen) atoms. The van der Waals surface area contributed by atoms with Crippen LogP contribution in [0.1, 0.15) is 81.8 Å². The topological polar surface area (TPSA) is 83.1 Å². The minimum Gasteiger partial charge on any atom is -0.494 e. The van der Waals surface area contributed by atoms with Crippen molar-refractivity contribution in [2.75, 3.05) is 20.8 Å². The van der Waals surface area contributed by atoms with Crippen LogP contribution in [0.3, 0.4) is 0 Å². The van der Waals surface area contributed by atoms with Gasteiger partial charge in [0, 0.05) is 29.0 Å². The minimum absolute atomic E-state index is 0.0142. The first-order chi connectivity index (χ1) is 19.4. The number of ketones is 1. The highest BCUT2D eigenvalue weighted by Gasteiger charge is 2.43. The number of para-hydroxylation sites is 1. The summed E-state index contributed by atoms with van der Waals surface area (Å²) >= 11 is 0. The fourth-order valence-corrected chi connectivity index (χ4v) is 6.37. The maximum Gasteiger partial charge on any atom is 0.337 e. The number of dihydropyridines is 1. The first-order valence-electron chi connectivity index (χ1n) is 14.3. The Hall–Kier alpha value is -3.74.